The Hall–Kier alpha value is -3.67. The van der Waals surface area contributed by atoms with E-state index in [4.69, 9.17) is 9.47 Å². The molecule has 0 bridgehead atoms. The third kappa shape index (κ3) is 3.04. The van der Waals surface area contributed by atoms with Gasteiger partial charge in [0, 0.05) is 36.4 Å². The van der Waals surface area contributed by atoms with E-state index in [9.17, 15) is 9.59 Å². The van der Waals surface area contributed by atoms with E-state index in [1.165, 1.54) is 0 Å². The number of nitrogens with zero attached hydrogens (tertiary/aromatic N) is 2. The molecule has 1 amide bonds. The van der Waals surface area contributed by atoms with Crippen molar-refractivity contribution in [3.8, 4) is 17.0 Å². The minimum atomic E-state index is -0.704. The van der Waals surface area contributed by atoms with Crippen molar-refractivity contribution < 1.29 is 19.1 Å². The molecule has 1 aromatic heterocycles. The van der Waals surface area contributed by atoms with E-state index in [1.807, 2.05) is 47.4 Å². The number of esters is 1. The minimum Gasteiger partial charge on any atom is -0.481 e. The van der Waals surface area contributed by atoms with Gasteiger partial charge in [0.15, 0.2) is 5.60 Å². The first-order valence-corrected chi connectivity index (χ1v) is 11.3. The van der Waals surface area contributed by atoms with Crippen LogP contribution in [0.2, 0.25) is 0 Å². The van der Waals surface area contributed by atoms with Gasteiger partial charge in [0.05, 0.1) is 24.6 Å². The monoisotopic (exact) mass is 440 g/mol. The van der Waals surface area contributed by atoms with Crippen molar-refractivity contribution in [1.29, 1.82) is 0 Å². The van der Waals surface area contributed by atoms with Gasteiger partial charge in [-0.3, -0.25) is 4.79 Å². The molecule has 2 fully saturated rings. The predicted octanol–water partition coefficient (Wildman–Crippen LogP) is 4.09. The molecular weight excluding hydrogens is 416 g/mol. The molecule has 1 atom stereocenters. The molecule has 1 saturated carbocycles. The van der Waals surface area contributed by atoms with Crippen LogP contribution in [0.3, 0.4) is 0 Å². The number of ether oxygens (including phenoxy) is 2. The Labute approximate surface area is 192 Å². The maximum absolute atomic E-state index is 13.7. The standard InChI is InChI=1S/C27H24N2O4/c1-32-23-11-8-19(16-28-23)18-6-9-20(10-7-18)26(12-13-26)25(31)29-15-14-27(17-29)22-5-3-2-4-21(22)24(30)33-27/h2-11,16H,12-15,17H2,1H3. The molecule has 0 radical (unpaired) electrons. The topological polar surface area (TPSA) is 68.7 Å². The fraction of sp³-hybridized carbons (Fsp3) is 0.296. The largest absolute Gasteiger partial charge is 0.481 e. The van der Waals surface area contributed by atoms with E-state index in [0.717, 1.165) is 35.1 Å². The summed E-state index contributed by atoms with van der Waals surface area (Å²) in [7, 11) is 1.60. The Morgan fingerprint density at radius 3 is 2.45 bits per heavy atom. The van der Waals surface area contributed by atoms with Crippen LogP contribution < -0.4 is 4.74 Å². The van der Waals surface area contributed by atoms with E-state index in [-0.39, 0.29) is 11.9 Å². The predicted molar refractivity (Wildman–Crippen MR) is 122 cm³/mol. The number of amides is 1. The highest BCUT2D eigenvalue weighted by molar-refractivity contribution is 5.96. The van der Waals surface area contributed by atoms with Gasteiger partial charge in [0.2, 0.25) is 11.8 Å². The van der Waals surface area contributed by atoms with Crippen LogP contribution in [-0.4, -0.2) is 42.0 Å². The lowest BCUT2D eigenvalue weighted by Crippen LogP contribution is -2.40. The van der Waals surface area contributed by atoms with Crippen molar-refractivity contribution in [3.05, 3.63) is 83.6 Å². The summed E-state index contributed by atoms with van der Waals surface area (Å²) < 4.78 is 11.0. The van der Waals surface area contributed by atoms with Crippen molar-refractivity contribution in [1.82, 2.24) is 9.88 Å². The second-order valence-corrected chi connectivity index (χ2v) is 9.15. The van der Waals surface area contributed by atoms with E-state index < -0.39 is 11.0 Å². The first-order chi connectivity index (χ1) is 16.0. The molecule has 1 saturated heterocycles. The normalized spacial score (nSPS) is 22.2. The van der Waals surface area contributed by atoms with Crippen LogP contribution in [-0.2, 0) is 20.5 Å². The van der Waals surface area contributed by atoms with Gasteiger partial charge in [0.25, 0.3) is 0 Å². The summed E-state index contributed by atoms with van der Waals surface area (Å²) in [6.45, 7) is 1.02. The maximum Gasteiger partial charge on any atom is 0.339 e. The zero-order valence-electron chi connectivity index (χ0n) is 18.4. The molecular formula is C27H24N2O4. The Morgan fingerprint density at radius 1 is 1.00 bits per heavy atom. The van der Waals surface area contributed by atoms with E-state index >= 15 is 0 Å². The van der Waals surface area contributed by atoms with Crippen LogP contribution in [0.4, 0.5) is 0 Å². The summed E-state index contributed by atoms with van der Waals surface area (Å²) in [5, 5.41) is 0. The molecule has 2 aliphatic heterocycles. The van der Waals surface area contributed by atoms with Crippen molar-refractivity contribution in [2.75, 3.05) is 20.2 Å². The van der Waals surface area contributed by atoms with Gasteiger partial charge >= 0.3 is 5.97 Å². The molecule has 2 aromatic carbocycles. The third-order valence-corrected chi connectivity index (χ3v) is 7.32. The molecule has 166 valence electrons. The highest BCUT2D eigenvalue weighted by Gasteiger charge is 2.57. The highest BCUT2D eigenvalue weighted by atomic mass is 16.6. The van der Waals surface area contributed by atoms with Gasteiger partial charge in [-0.05, 0) is 36.1 Å². The first kappa shape index (κ1) is 20.0. The lowest BCUT2D eigenvalue weighted by Gasteiger charge is -2.27. The van der Waals surface area contributed by atoms with Crippen molar-refractivity contribution >= 4 is 11.9 Å². The van der Waals surface area contributed by atoms with Gasteiger partial charge in [-0.1, -0.05) is 42.5 Å². The summed E-state index contributed by atoms with van der Waals surface area (Å²) in [6.07, 6.45) is 4.11. The van der Waals surface area contributed by atoms with Crippen LogP contribution in [0.5, 0.6) is 5.88 Å². The maximum atomic E-state index is 13.7. The molecule has 6 rings (SSSR count). The third-order valence-electron chi connectivity index (χ3n) is 7.32. The fourth-order valence-electron chi connectivity index (χ4n) is 5.31. The molecule has 3 heterocycles. The molecule has 1 aliphatic carbocycles. The average Bonchev–Trinajstić information content (AvgIpc) is 3.50. The number of carbonyl (C=O) groups is 2. The lowest BCUT2D eigenvalue weighted by atomic mass is 9.91. The van der Waals surface area contributed by atoms with Gasteiger partial charge in [0.1, 0.15) is 0 Å². The van der Waals surface area contributed by atoms with Crippen LogP contribution in [0, 0.1) is 0 Å². The molecule has 6 nitrogen and oxygen atoms in total. The zero-order chi connectivity index (χ0) is 22.6. The number of rotatable bonds is 4. The molecule has 6 heteroatoms. The number of fused-ring (bicyclic) bond motifs is 2. The number of carbonyl (C=O) groups excluding carboxylic acids is 2. The summed E-state index contributed by atoms with van der Waals surface area (Å²) in [4.78, 5) is 32.2. The Morgan fingerprint density at radius 2 is 1.76 bits per heavy atom. The quantitative estimate of drug-likeness (QED) is 0.572. The zero-order valence-corrected chi connectivity index (χ0v) is 18.4. The van der Waals surface area contributed by atoms with Gasteiger partial charge in [-0.25, -0.2) is 9.78 Å². The van der Waals surface area contributed by atoms with Gasteiger partial charge in [-0.15, -0.1) is 0 Å². The molecule has 3 aromatic rings. The second-order valence-electron chi connectivity index (χ2n) is 9.15. The highest BCUT2D eigenvalue weighted by Crippen LogP contribution is 2.52. The summed E-state index contributed by atoms with van der Waals surface area (Å²) in [5.74, 6) is 0.431. The molecule has 33 heavy (non-hydrogen) atoms. The first-order valence-electron chi connectivity index (χ1n) is 11.3. The van der Waals surface area contributed by atoms with Gasteiger partial charge < -0.3 is 14.4 Å². The Balaban J connectivity index is 1.22. The molecule has 3 aliphatic rings. The average molecular weight is 440 g/mol. The Kier molecular flexibility index (Phi) is 4.34. The van der Waals surface area contributed by atoms with Crippen molar-refractivity contribution in [2.24, 2.45) is 0 Å². The van der Waals surface area contributed by atoms with Crippen LogP contribution in [0.15, 0.2) is 66.9 Å². The molecule has 1 unspecified atom stereocenters. The molecule has 0 N–H and O–H groups in total. The fourth-order valence-corrected chi connectivity index (χ4v) is 5.31. The lowest BCUT2D eigenvalue weighted by molar-refractivity contribution is -0.134. The van der Waals surface area contributed by atoms with Crippen molar-refractivity contribution in [3.63, 3.8) is 0 Å². The SMILES string of the molecule is COc1ccc(-c2ccc(C3(C(=O)N4CCC5(C4)OC(=O)c4ccccc45)CC3)cc2)cn1. The van der Waals surface area contributed by atoms with Crippen LogP contribution in [0.25, 0.3) is 11.1 Å². The number of benzene rings is 2. The van der Waals surface area contributed by atoms with E-state index in [1.54, 1.807) is 19.4 Å². The van der Waals surface area contributed by atoms with Gasteiger partial charge in [-0.2, -0.15) is 0 Å². The minimum absolute atomic E-state index is 0.138. The number of hydrogen-bond acceptors (Lipinski definition) is 5. The number of pyridine rings is 1. The van der Waals surface area contributed by atoms with Crippen LogP contribution >= 0.6 is 0 Å². The van der Waals surface area contributed by atoms with E-state index in [0.29, 0.717) is 31.0 Å². The Bertz CT molecular complexity index is 1250. The summed E-state index contributed by atoms with van der Waals surface area (Å²) >= 11 is 0. The smallest absolute Gasteiger partial charge is 0.339 e. The van der Waals surface area contributed by atoms with E-state index in [2.05, 4.69) is 17.1 Å². The number of hydrogen-bond donors (Lipinski definition) is 0. The molecule has 1 spiro atoms. The number of likely N-dealkylation sites (tertiary alicyclic amines) is 1. The van der Waals surface area contributed by atoms with Crippen molar-refractivity contribution in [2.45, 2.75) is 30.3 Å². The summed E-state index contributed by atoms with van der Waals surface area (Å²) in [6, 6.07) is 19.6. The number of methoxy groups -OCH3 is 1. The summed E-state index contributed by atoms with van der Waals surface area (Å²) in [5.41, 5.74) is 3.45. The number of aromatic nitrogens is 1. The second kappa shape index (κ2) is 7.17. The van der Waals surface area contributed by atoms with Crippen LogP contribution in [0.1, 0.15) is 40.7 Å².